The number of rotatable bonds is 7. The molecule has 48 heavy (non-hydrogen) atoms. The Morgan fingerprint density at radius 1 is 1.00 bits per heavy atom. The number of benzene rings is 1. The van der Waals surface area contributed by atoms with Crippen molar-refractivity contribution in [2.75, 3.05) is 49.6 Å². The zero-order valence-electron chi connectivity index (χ0n) is 26.2. The summed E-state index contributed by atoms with van der Waals surface area (Å²) in [6.45, 7) is 4.95. The van der Waals surface area contributed by atoms with Crippen LogP contribution in [0.5, 0.6) is 0 Å². The first-order valence-electron chi connectivity index (χ1n) is 15.8. The number of nitrogens with zero attached hydrogens (tertiary/aromatic N) is 7. The topological polar surface area (TPSA) is 122 Å². The minimum atomic E-state index is -0.621. The van der Waals surface area contributed by atoms with Gasteiger partial charge in [-0.05, 0) is 42.0 Å². The molecule has 7 heterocycles. The minimum absolute atomic E-state index is 0.118. The van der Waals surface area contributed by atoms with Crippen molar-refractivity contribution in [2.45, 2.75) is 12.6 Å². The average molecular weight is 649 g/mol. The van der Waals surface area contributed by atoms with Crippen molar-refractivity contribution in [3.8, 4) is 16.9 Å². The number of fused-ring (bicyclic) bond motifs is 3. The summed E-state index contributed by atoms with van der Waals surface area (Å²) in [5, 5.41) is 14.1. The van der Waals surface area contributed by atoms with Gasteiger partial charge in [0.1, 0.15) is 22.8 Å². The number of hydrogen-bond donors (Lipinski definition) is 2. The number of halogens is 1. The summed E-state index contributed by atoms with van der Waals surface area (Å²) in [6, 6.07) is 14.6. The largest absolute Gasteiger partial charge is 0.392 e. The molecule has 0 amide bonds. The quantitative estimate of drug-likeness (QED) is 0.269. The maximum Gasteiger partial charge on any atom is 0.283 e. The number of piperazine rings is 1. The van der Waals surface area contributed by atoms with Gasteiger partial charge in [-0.1, -0.05) is 12.1 Å². The molecule has 6 aromatic rings. The Hall–Kier alpha value is -5.37. The molecule has 2 aliphatic heterocycles. The highest BCUT2D eigenvalue weighted by molar-refractivity contribution is 5.88. The number of aliphatic hydroxyl groups excluding tert-OH is 1. The molecule has 12 nitrogen and oxygen atoms in total. The molecule has 2 saturated heterocycles. The smallest absolute Gasteiger partial charge is 0.283 e. The second-order valence-corrected chi connectivity index (χ2v) is 12.1. The van der Waals surface area contributed by atoms with Crippen LogP contribution in [0.4, 0.5) is 21.6 Å². The summed E-state index contributed by atoms with van der Waals surface area (Å²) in [5.74, 6) is 0.0521. The first-order chi connectivity index (χ1) is 23.4. The lowest BCUT2D eigenvalue weighted by atomic mass is 10.0. The summed E-state index contributed by atoms with van der Waals surface area (Å²) in [4.78, 5) is 40.7. The molecule has 0 aliphatic carbocycles. The van der Waals surface area contributed by atoms with Crippen LogP contribution in [-0.4, -0.2) is 78.9 Å². The molecule has 2 N–H and O–H groups in total. The average Bonchev–Trinajstić information content (AvgIpc) is 3.38. The minimum Gasteiger partial charge on any atom is -0.392 e. The molecule has 13 heteroatoms. The Balaban J connectivity index is 1.10. The van der Waals surface area contributed by atoms with Crippen LogP contribution in [0.1, 0.15) is 5.56 Å². The SMILES string of the molecule is Cn1cc(-c2ccnc(-n3ccn4c(c(F)c5ccccc54)c3=O)c2CO)cc(Nc2ccc(N3CCN(C4COC4)CC3)cn2)c1=O. The Morgan fingerprint density at radius 2 is 1.81 bits per heavy atom. The van der Waals surface area contributed by atoms with Gasteiger partial charge in [-0.2, -0.15) is 0 Å². The number of pyridine rings is 3. The number of nitrogens with one attached hydrogen (secondary N) is 1. The van der Waals surface area contributed by atoms with Crippen LogP contribution in [0.3, 0.4) is 0 Å². The molecule has 0 radical (unpaired) electrons. The summed E-state index contributed by atoms with van der Waals surface area (Å²) in [5.41, 5.74) is 2.39. The van der Waals surface area contributed by atoms with Crippen LogP contribution in [-0.2, 0) is 18.4 Å². The Morgan fingerprint density at radius 3 is 2.54 bits per heavy atom. The third kappa shape index (κ3) is 5.03. The molecule has 0 spiro atoms. The second-order valence-electron chi connectivity index (χ2n) is 12.1. The highest BCUT2D eigenvalue weighted by atomic mass is 19.1. The van der Waals surface area contributed by atoms with Gasteiger partial charge >= 0.3 is 0 Å². The molecule has 2 aliphatic rings. The van der Waals surface area contributed by atoms with E-state index in [1.165, 1.54) is 25.9 Å². The van der Waals surface area contributed by atoms with Gasteiger partial charge in [0, 0.05) is 74.5 Å². The molecular formula is C35H33FN8O4. The lowest BCUT2D eigenvalue weighted by molar-refractivity contribution is -0.0660. The molecule has 0 atom stereocenters. The highest BCUT2D eigenvalue weighted by Crippen LogP contribution is 2.30. The predicted molar refractivity (Wildman–Crippen MR) is 181 cm³/mol. The third-order valence-electron chi connectivity index (χ3n) is 9.38. The third-order valence-corrected chi connectivity index (χ3v) is 9.38. The van der Waals surface area contributed by atoms with E-state index < -0.39 is 18.0 Å². The zero-order valence-corrected chi connectivity index (χ0v) is 26.2. The van der Waals surface area contributed by atoms with Gasteiger partial charge in [0.25, 0.3) is 11.1 Å². The van der Waals surface area contributed by atoms with Gasteiger partial charge < -0.3 is 29.0 Å². The van der Waals surface area contributed by atoms with Gasteiger partial charge in [-0.15, -0.1) is 0 Å². The van der Waals surface area contributed by atoms with Crippen LogP contribution >= 0.6 is 0 Å². The number of ether oxygens (including phenoxy) is 1. The number of aliphatic hydroxyl groups is 1. The van der Waals surface area contributed by atoms with E-state index in [1.807, 2.05) is 18.3 Å². The Labute approximate surface area is 273 Å². The van der Waals surface area contributed by atoms with Crippen molar-refractivity contribution < 1.29 is 14.2 Å². The first kappa shape index (κ1) is 30.0. The molecule has 1 aromatic carbocycles. The highest BCUT2D eigenvalue weighted by Gasteiger charge is 2.29. The van der Waals surface area contributed by atoms with E-state index in [4.69, 9.17) is 4.74 Å². The van der Waals surface area contributed by atoms with Crippen molar-refractivity contribution in [2.24, 2.45) is 7.05 Å². The summed E-state index contributed by atoms with van der Waals surface area (Å²) < 4.78 is 25.0. The van der Waals surface area contributed by atoms with Crippen molar-refractivity contribution >= 4 is 33.6 Å². The van der Waals surface area contributed by atoms with Crippen molar-refractivity contribution in [3.63, 3.8) is 0 Å². The van der Waals surface area contributed by atoms with Gasteiger partial charge in [-0.3, -0.25) is 19.1 Å². The lowest BCUT2D eigenvalue weighted by Gasteiger charge is -2.43. The first-order valence-corrected chi connectivity index (χ1v) is 15.8. The van der Waals surface area contributed by atoms with E-state index >= 15 is 4.39 Å². The second kappa shape index (κ2) is 12.0. The summed E-state index contributed by atoms with van der Waals surface area (Å²) in [7, 11) is 1.64. The molecule has 0 saturated carbocycles. The standard InChI is InChI=1S/C35H33FN8O4/c1-40-18-22(16-28(34(40)46)39-30-7-6-23(17-38-30)41-10-12-42(13-11-41)24-20-48-21-24)25-8-9-37-33(27(25)19-45)44-15-14-43-29-5-3-2-4-26(29)31(36)32(43)35(44)47/h2-9,14-18,24,45H,10-13,19-21H2,1H3,(H,38,39). The normalized spacial score (nSPS) is 15.7. The van der Waals surface area contributed by atoms with Gasteiger partial charge in [-0.25, -0.2) is 14.4 Å². The predicted octanol–water partition coefficient (Wildman–Crippen LogP) is 3.29. The van der Waals surface area contributed by atoms with E-state index in [0.29, 0.717) is 39.5 Å². The van der Waals surface area contributed by atoms with E-state index in [-0.39, 0.29) is 22.6 Å². The van der Waals surface area contributed by atoms with Crippen LogP contribution in [0, 0.1) is 5.82 Å². The van der Waals surface area contributed by atoms with E-state index in [2.05, 4.69) is 25.1 Å². The lowest BCUT2D eigenvalue weighted by Crippen LogP contribution is -2.56. The molecule has 0 bridgehead atoms. The van der Waals surface area contributed by atoms with Gasteiger partial charge in [0.05, 0.1) is 43.3 Å². The fourth-order valence-corrected chi connectivity index (χ4v) is 6.69. The van der Waals surface area contributed by atoms with Crippen molar-refractivity contribution in [1.29, 1.82) is 0 Å². The number of aromatic nitrogens is 5. The number of aryl methyl sites for hydroxylation is 1. The van der Waals surface area contributed by atoms with Gasteiger partial charge in [0.15, 0.2) is 5.82 Å². The van der Waals surface area contributed by atoms with Crippen LogP contribution in [0.15, 0.2) is 89.1 Å². The maximum atomic E-state index is 15.4. The number of para-hydroxylation sites is 1. The Bertz CT molecular complexity index is 2290. The monoisotopic (exact) mass is 648 g/mol. The number of hydrogen-bond acceptors (Lipinski definition) is 9. The van der Waals surface area contributed by atoms with Crippen LogP contribution in [0.2, 0.25) is 0 Å². The van der Waals surface area contributed by atoms with E-state index in [9.17, 15) is 14.7 Å². The molecule has 244 valence electrons. The summed E-state index contributed by atoms with van der Waals surface area (Å²) >= 11 is 0. The van der Waals surface area contributed by atoms with Crippen LogP contribution in [0.25, 0.3) is 33.4 Å². The molecule has 5 aromatic heterocycles. The fraction of sp³-hybridized carbons (Fsp3) is 0.257. The summed E-state index contributed by atoms with van der Waals surface area (Å²) in [6.07, 6.45) is 8.10. The zero-order chi connectivity index (χ0) is 32.9. The number of anilines is 3. The van der Waals surface area contributed by atoms with E-state index in [1.54, 1.807) is 55.8 Å². The van der Waals surface area contributed by atoms with Crippen molar-refractivity contribution in [3.05, 3.63) is 112 Å². The van der Waals surface area contributed by atoms with Gasteiger partial charge in [0.2, 0.25) is 0 Å². The molecule has 2 fully saturated rings. The fourth-order valence-electron chi connectivity index (χ4n) is 6.69. The maximum absolute atomic E-state index is 15.4. The molecule has 8 rings (SSSR count). The molecular weight excluding hydrogens is 615 g/mol. The van der Waals surface area contributed by atoms with Crippen LogP contribution < -0.4 is 21.3 Å². The Kier molecular flexibility index (Phi) is 7.51. The van der Waals surface area contributed by atoms with Crippen molar-refractivity contribution in [1.82, 2.24) is 28.4 Å². The molecule has 0 unspecified atom stereocenters. The van der Waals surface area contributed by atoms with E-state index in [0.717, 1.165) is 45.1 Å².